The molecule has 5 heteroatoms. The number of fused-ring (bicyclic) bond motifs is 1. The maximum absolute atomic E-state index is 12.2. The Kier molecular flexibility index (Phi) is 2.71. The van der Waals surface area contributed by atoms with E-state index in [2.05, 4.69) is 0 Å². The predicted molar refractivity (Wildman–Crippen MR) is 74.0 cm³/mol. The molecule has 0 N–H and O–H groups in total. The lowest BCUT2D eigenvalue weighted by atomic mass is 10.0. The van der Waals surface area contributed by atoms with Gasteiger partial charge in [0.2, 0.25) is 5.91 Å². The highest BCUT2D eigenvalue weighted by molar-refractivity contribution is 7.91. The fourth-order valence-electron chi connectivity index (χ4n) is 3.18. The molecule has 4 nitrogen and oxygen atoms in total. The van der Waals surface area contributed by atoms with Crippen molar-refractivity contribution in [3.8, 4) is 0 Å². The molecule has 19 heavy (non-hydrogen) atoms. The summed E-state index contributed by atoms with van der Waals surface area (Å²) < 4.78 is 23.5. The lowest BCUT2D eigenvalue weighted by molar-refractivity contribution is -0.117. The molecule has 2 aliphatic rings. The molecule has 102 valence electrons. The van der Waals surface area contributed by atoms with E-state index in [9.17, 15) is 13.2 Å². The van der Waals surface area contributed by atoms with Crippen molar-refractivity contribution in [3.05, 3.63) is 29.3 Å². The van der Waals surface area contributed by atoms with Crippen molar-refractivity contribution in [2.24, 2.45) is 5.92 Å². The molecule has 2 heterocycles. The molecule has 0 bridgehead atoms. The molecule has 0 aromatic heterocycles. The van der Waals surface area contributed by atoms with Gasteiger partial charge in [-0.25, -0.2) is 8.42 Å². The quantitative estimate of drug-likeness (QED) is 0.782. The first-order valence-corrected chi connectivity index (χ1v) is 8.29. The summed E-state index contributed by atoms with van der Waals surface area (Å²) in [5.41, 5.74) is 2.97. The van der Waals surface area contributed by atoms with Crippen molar-refractivity contribution in [2.45, 2.75) is 26.3 Å². The molecule has 3 rings (SSSR count). The minimum Gasteiger partial charge on any atom is -0.308 e. The summed E-state index contributed by atoms with van der Waals surface area (Å²) in [6.07, 6.45) is 0.358. The third-order valence-electron chi connectivity index (χ3n) is 4.10. The molecule has 0 spiro atoms. The van der Waals surface area contributed by atoms with Gasteiger partial charge in [-0.3, -0.25) is 4.79 Å². The van der Waals surface area contributed by atoms with Crippen LogP contribution < -0.4 is 4.90 Å². The summed E-state index contributed by atoms with van der Waals surface area (Å²) in [4.78, 5) is 13.9. The lowest BCUT2D eigenvalue weighted by Gasteiger charge is -2.25. The van der Waals surface area contributed by atoms with Gasteiger partial charge in [0.15, 0.2) is 9.84 Å². The number of aryl methyl sites for hydroxylation is 2. The Hall–Kier alpha value is -1.36. The number of nitrogens with zero attached hydrogens (tertiary/aromatic N) is 1. The Morgan fingerprint density at radius 2 is 1.95 bits per heavy atom. The summed E-state index contributed by atoms with van der Waals surface area (Å²) >= 11 is 0. The van der Waals surface area contributed by atoms with E-state index in [1.807, 2.05) is 32.0 Å². The number of carbonyl (C=O) groups is 1. The second-order valence-corrected chi connectivity index (χ2v) is 7.82. The van der Waals surface area contributed by atoms with E-state index in [0.717, 1.165) is 16.8 Å². The highest BCUT2D eigenvalue weighted by Gasteiger charge is 2.49. The van der Waals surface area contributed by atoms with Crippen molar-refractivity contribution >= 4 is 21.4 Å². The van der Waals surface area contributed by atoms with E-state index in [0.29, 0.717) is 6.42 Å². The summed E-state index contributed by atoms with van der Waals surface area (Å²) in [6.45, 7) is 3.94. The second-order valence-electron chi connectivity index (χ2n) is 5.66. The van der Waals surface area contributed by atoms with Gasteiger partial charge in [-0.1, -0.05) is 12.1 Å². The van der Waals surface area contributed by atoms with Gasteiger partial charge in [-0.05, 0) is 31.0 Å². The number of amides is 1. The predicted octanol–water partition coefficient (Wildman–Crippen LogP) is 1.45. The summed E-state index contributed by atoms with van der Waals surface area (Å²) in [5.74, 6) is 0.290. The first kappa shape index (κ1) is 12.7. The zero-order chi connectivity index (χ0) is 13.8. The molecule has 0 radical (unpaired) electrons. The molecule has 2 atom stereocenters. The largest absolute Gasteiger partial charge is 0.308 e. The Labute approximate surface area is 113 Å². The van der Waals surface area contributed by atoms with Gasteiger partial charge in [0.05, 0.1) is 17.5 Å². The normalized spacial score (nSPS) is 28.7. The average Bonchev–Trinajstić information content (AvgIpc) is 2.73. The van der Waals surface area contributed by atoms with Crippen molar-refractivity contribution < 1.29 is 13.2 Å². The summed E-state index contributed by atoms with van der Waals surface area (Å²) in [6, 6.07) is 5.79. The molecule has 1 aromatic carbocycles. The van der Waals surface area contributed by atoms with E-state index < -0.39 is 9.84 Å². The van der Waals surface area contributed by atoms with Crippen LogP contribution in [0, 0.1) is 19.8 Å². The van der Waals surface area contributed by atoms with Crippen LogP contribution in [0.2, 0.25) is 0 Å². The molecule has 2 saturated heterocycles. The smallest absolute Gasteiger partial charge is 0.227 e. The molecule has 0 aliphatic carbocycles. The molecule has 1 aromatic rings. The van der Waals surface area contributed by atoms with E-state index in [1.54, 1.807) is 4.90 Å². The van der Waals surface area contributed by atoms with Crippen molar-refractivity contribution in [1.82, 2.24) is 0 Å². The maximum atomic E-state index is 12.2. The molecule has 1 amide bonds. The highest BCUT2D eigenvalue weighted by Crippen LogP contribution is 2.38. The molecule has 2 fully saturated rings. The number of sulfone groups is 1. The molecular weight excluding hydrogens is 262 g/mol. The van der Waals surface area contributed by atoms with Crippen LogP contribution >= 0.6 is 0 Å². The average molecular weight is 279 g/mol. The first-order valence-electron chi connectivity index (χ1n) is 6.47. The minimum absolute atomic E-state index is 0.0302. The third-order valence-corrected chi connectivity index (χ3v) is 5.88. The van der Waals surface area contributed by atoms with Gasteiger partial charge < -0.3 is 4.90 Å². The lowest BCUT2D eigenvalue weighted by Crippen LogP contribution is -2.36. The number of hydrogen-bond donors (Lipinski definition) is 0. The summed E-state index contributed by atoms with van der Waals surface area (Å²) in [7, 11) is -2.99. The van der Waals surface area contributed by atoms with Crippen LogP contribution in [0.3, 0.4) is 0 Å². The fraction of sp³-hybridized carbons (Fsp3) is 0.500. The van der Waals surface area contributed by atoms with Crippen LogP contribution in [0.25, 0.3) is 0 Å². The van der Waals surface area contributed by atoms with E-state index >= 15 is 0 Å². The van der Waals surface area contributed by atoms with Crippen LogP contribution in [-0.2, 0) is 14.6 Å². The van der Waals surface area contributed by atoms with Crippen LogP contribution in [0.1, 0.15) is 17.5 Å². The van der Waals surface area contributed by atoms with Gasteiger partial charge >= 0.3 is 0 Å². The molecular formula is C14H17NO3S. The second kappa shape index (κ2) is 4.07. The zero-order valence-electron chi connectivity index (χ0n) is 11.1. The van der Waals surface area contributed by atoms with Crippen molar-refractivity contribution in [3.63, 3.8) is 0 Å². The maximum Gasteiger partial charge on any atom is 0.227 e. The van der Waals surface area contributed by atoms with Crippen LogP contribution in [-0.4, -0.2) is 31.9 Å². The topological polar surface area (TPSA) is 54.5 Å². The number of carbonyl (C=O) groups excluding carboxylic acids is 1. The Balaban J connectivity index is 2.04. The van der Waals surface area contributed by atoms with E-state index in [4.69, 9.17) is 0 Å². The van der Waals surface area contributed by atoms with E-state index in [-0.39, 0.29) is 29.4 Å². The fourth-order valence-corrected chi connectivity index (χ4v) is 5.25. The minimum atomic E-state index is -2.99. The Morgan fingerprint density at radius 3 is 2.68 bits per heavy atom. The van der Waals surface area contributed by atoms with Gasteiger partial charge in [-0.2, -0.15) is 0 Å². The SMILES string of the molecule is Cc1ccc(C)c(N2C(=O)C[C@H]3CS(=O)(=O)C[C@@H]32)c1. The van der Waals surface area contributed by atoms with Crippen LogP contribution in [0.5, 0.6) is 0 Å². The monoisotopic (exact) mass is 279 g/mol. The molecule has 0 saturated carbocycles. The number of benzene rings is 1. The highest BCUT2D eigenvalue weighted by atomic mass is 32.2. The standard InChI is InChI=1S/C14H17NO3S/c1-9-3-4-10(2)12(5-9)15-13-8-19(17,18)7-11(13)6-14(15)16/h3-5,11,13H,6-8H2,1-2H3/t11-,13-/m0/s1. The van der Waals surface area contributed by atoms with Crippen LogP contribution in [0.15, 0.2) is 18.2 Å². The van der Waals surface area contributed by atoms with Gasteiger partial charge in [0, 0.05) is 18.0 Å². The van der Waals surface area contributed by atoms with Crippen molar-refractivity contribution in [2.75, 3.05) is 16.4 Å². The van der Waals surface area contributed by atoms with Gasteiger partial charge in [0.1, 0.15) is 0 Å². The van der Waals surface area contributed by atoms with Crippen molar-refractivity contribution in [1.29, 1.82) is 0 Å². The number of hydrogen-bond acceptors (Lipinski definition) is 3. The summed E-state index contributed by atoms with van der Waals surface area (Å²) in [5, 5.41) is 0. The molecule has 0 unspecified atom stereocenters. The van der Waals surface area contributed by atoms with Gasteiger partial charge in [0.25, 0.3) is 0 Å². The zero-order valence-corrected chi connectivity index (χ0v) is 11.9. The third kappa shape index (κ3) is 2.06. The van der Waals surface area contributed by atoms with Crippen LogP contribution in [0.4, 0.5) is 5.69 Å². The Morgan fingerprint density at radius 1 is 1.21 bits per heavy atom. The molecule has 2 aliphatic heterocycles. The number of rotatable bonds is 1. The van der Waals surface area contributed by atoms with Gasteiger partial charge in [-0.15, -0.1) is 0 Å². The number of anilines is 1. The first-order chi connectivity index (χ1) is 8.87. The van der Waals surface area contributed by atoms with E-state index in [1.165, 1.54) is 0 Å². The Bertz CT molecular complexity index is 651.